The topological polar surface area (TPSA) is 141 Å². The Morgan fingerprint density at radius 3 is 2.24 bits per heavy atom. The summed E-state index contributed by atoms with van der Waals surface area (Å²) in [5.74, 6) is -1.78. The lowest BCUT2D eigenvalue weighted by Crippen LogP contribution is -2.51. The van der Waals surface area contributed by atoms with E-state index in [0.717, 1.165) is 5.56 Å². The zero-order valence-electron chi connectivity index (χ0n) is 11.6. The van der Waals surface area contributed by atoms with Crippen LogP contribution >= 0.6 is 0 Å². The number of rotatable bonds is 8. The van der Waals surface area contributed by atoms with Gasteiger partial charge in [0.05, 0.1) is 6.04 Å². The van der Waals surface area contributed by atoms with Crippen molar-refractivity contribution >= 4 is 17.7 Å². The van der Waals surface area contributed by atoms with Crippen molar-refractivity contribution < 1.29 is 14.4 Å². The van der Waals surface area contributed by atoms with Gasteiger partial charge in [-0.1, -0.05) is 30.3 Å². The van der Waals surface area contributed by atoms with Gasteiger partial charge in [0.25, 0.3) is 0 Å². The van der Waals surface area contributed by atoms with E-state index in [1.165, 1.54) is 0 Å². The molecule has 0 aliphatic rings. The van der Waals surface area contributed by atoms with Gasteiger partial charge in [-0.15, -0.1) is 0 Å². The molecule has 0 aliphatic heterocycles. The Balaban J connectivity index is 2.56. The normalized spacial score (nSPS) is 13.2. The second-order valence-electron chi connectivity index (χ2n) is 4.76. The van der Waals surface area contributed by atoms with Crippen molar-refractivity contribution in [2.24, 2.45) is 17.2 Å². The third-order valence-corrected chi connectivity index (χ3v) is 2.97. The molecule has 7 N–H and O–H groups in total. The van der Waals surface area contributed by atoms with Crippen LogP contribution in [-0.4, -0.2) is 29.8 Å². The maximum Gasteiger partial charge on any atom is 0.240 e. The maximum absolute atomic E-state index is 11.9. The average Bonchev–Trinajstić information content (AvgIpc) is 2.43. The lowest BCUT2D eigenvalue weighted by molar-refractivity contribution is -0.128. The standard InChI is InChI=1S/C14H20N4O3/c15-10(8-9-4-2-1-3-5-9)14(21)18-11(13(17)20)6-7-12(16)19/h1-5,10-11H,6-8,15H2,(H2,16,19)(H2,17,20)(H,18,21)/t10-,11-/m0/s1. The molecule has 0 unspecified atom stereocenters. The van der Waals surface area contributed by atoms with Crippen molar-refractivity contribution in [1.82, 2.24) is 5.32 Å². The highest BCUT2D eigenvalue weighted by Gasteiger charge is 2.22. The number of hydrogen-bond donors (Lipinski definition) is 4. The van der Waals surface area contributed by atoms with Gasteiger partial charge in [0.2, 0.25) is 17.7 Å². The third-order valence-electron chi connectivity index (χ3n) is 2.97. The van der Waals surface area contributed by atoms with Crippen LogP contribution in [0.15, 0.2) is 30.3 Å². The lowest BCUT2D eigenvalue weighted by atomic mass is 10.0. The van der Waals surface area contributed by atoms with Gasteiger partial charge in [-0.3, -0.25) is 14.4 Å². The molecule has 2 atom stereocenters. The smallest absolute Gasteiger partial charge is 0.240 e. The van der Waals surface area contributed by atoms with E-state index >= 15 is 0 Å². The van der Waals surface area contributed by atoms with Crippen molar-refractivity contribution in [3.8, 4) is 0 Å². The Hall–Kier alpha value is -2.41. The third kappa shape index (κ3) is 6.05. The molecular formula is C14H20N4O3. The van der Waals surface area contributed by atoms with Gasteiger partial charge in [0, 0.05) is 6.42 Å². The summed E-state index contributed by atoms with van der Waals surface area (Å²) in [6.45, 7) is 0. The Bertz CT molecular complexity index is 504. The molecule has 7 nitrogen and oxygen atoms in total. The first-order valence-corrected chi connectivity index (χ1v) is 6.57. The van der Waals surface area contributed by atoms with Crippen LogP contribution < -0.4 is 22.5 Å². The molecule has 0 aliphatic carbocycles. The average molecular weight is 292 g/mol. The highest BCUT2D eigenvalue weighted by molar-refractivity contribution is 5.89. The second-order valence-corrected chi connectivity index (χ2v) is 4.76. The summed E-state index contributed by atoms with van der Waals surface area (Å²) in [6.07, 6.45) is 0.365. The summed E-state index contributed by atoms with van der Waals surface area (Å²) in [5, 5.41) is 2.45. The zero-order valence-corrected chi connectivity index (χ0v) is 11.6. The quantitative estimate of drug-likeness (QED) is 0.477. The number of amides is 3. The molecular weight excluding hydrogens is 272 g/mol. The van der Waals surface area contributed by atoms with Crippen LogP contribution in [0.2, 0.25) is 0 Å². The fourth-order valence-electron chi connectivity index (χ4n) is 1.81. The number of nitrogens with one attached hydrogen (secondary N) is 1. The Labute approximate surface area is 122 Å². The summed E-state index contributed by atoms with van der Waals surface area (Å²) in [4.78, 5) is 33.9. The molecule has 7 heteroatoms. The highest BCUT2D eigenvalue weighted by Crippen LogP contribution is 2.03. The van der Waals surface area contributed by atoms with Crippen LogP contribution in [-0.2, 0) is 20.8 Å². The van der Waals surface area contributed by atoms with Crippen LogP contribution in [0.3, 0.4) is 0 Å². The van der Waals surface area contributed by atoms with Gasteiger partial charge in [-0.25, -0.2) is 0 Å². The number of carbonyl (C=O) groups is 3. The molecule has 0 spiro atoms. The minimum atomic E-state index is -0.952. The molecule has 0 aromatic heterocycles. The predicted octanol–water partition coefficient (Wildman–Crippen LogP) is -1.21. The highest BCUT2D eigenvalue weighted by atomic mass is 16.2. The van der Waals surface area contributed by atoms with Crippen molar-refractivity contribution in [2.75, 3.05) is 0 Å². The van der Waals surface area contributed by atoms with Gasteiger partial charge >= 0.3 is 0 Å². The summed E-state index contributed by atoms with van der Waals surface area (Å²) in [6, 6.07) is 7.51. The minimum Gasteiger partial charge on any atom is -0.370 e. The first-order chi connectivity index (χ1) is 9.90. The molecule has 0 heterocycles. The number of primary amides is 2. The summed E-state index contributed by atoms with van der Waals surface area (Å²) in [5.41, 5.74) is 16.9. The molecule has 0 saturated carbocycles. The van der Waals surface area contributed by atoms with Crippen LogP contribution in [0.1, 0.15) is 18.4 Å². The summed E-state index contributed by atoms with van der Waals surface area (Å²) in [7, 11) is 0. The maximum atomic E-state index is 11.9. The number of carbonyl (C=O) groups excluding carboxylic acids is 3. The molecule has 0 saturated heterocycles. The van der Waals surface area contributed by atoms with E-state index in [1.807, 2.05) is 30.3 Å². The SMILES string of the molecule is NC(=O)CC[C@H](NC(=O)[C@@H](N)Cc1ccccc1)C(N)=O. The predicted molar refractivity (Wildman–Crippen MR) is 77.7 cm³/mol. The van der Waals surface area contributed by atoms with Gasteiger partial charge in [-0.05, 0) is 18.4 Å². The zero-order chi connectivity index (χ0) is 15.8. The molecule has 21 heavy (non-hydrogen) atoms. The molecule has 114 valence electrons. The van der Waals surface area contributed by atoms with Crippen molar-refractivity contribution in [1.29, 1.82) is 0 Å². The number of nitrogens with two attached hydrogens (primary N) is 3. The van der Waals surface area contributed by atoms with E-state index in [-0.39, 0.29) is 12.8 Å². The molecule has 1 rings (SSSR count). The van der Waals surface area contributed by atoms with E-state index in [2.05, 4.69) is 5.32 Å². The largest absolute Gasteiger partial charge is 0.370 e. The van der Waals surface area contributed by atoms with Gasteiger partial charge < -0.3 is 22.5 Å². The molecule has 0 radical (unpaired) electrons. The van der Waals surface area contributed by atoms with Crippen LogP contribution in [0, 0.1) is 0 Å². The first kappa shape index (κ1) is 16.6. The van der Waals surface area contributed by atoms with Crippen LogP contribution in [0.5, 0.6) is 0 Å². The van der Waals surface area contributed by atoms with E-state index in [9.17, 15) is 14.4 Å². The number of hydrogen-bond acceptors (Lipinski definition) is 4. The van der Waals surface area contributed by atoms with Gasteiger partial charge in [0.1, 0.15) is 6.04 Å². The van der Waals surface area contributed by atoms with E-state index in [4.69, 9.17) is 17.2 Å². The van der Waals surface area contributed by atoms with E-state index in [0.29, 0.717) is 6.42 Å². The van der Waals surface area contributed by atoms with Crippen LogP contribution in [0.4, 0.5) is 0 Å². The Morgan fingerprint density at radius 2 is 1.71 bits per heavy atom. The van der Waals surface area contributed by atoms with Crippen LogP contribution in [0.25, 0.3) is 0 Å². The Morgan fingerprint density at radius 1 is 1.10 bits per heavy atom. The van der Waals surface area contributed by atoms with Crippen molar-refractivity contribution in [3.63, 3.8) is 0 Å². The fraction of sp³-hybridized carbons (Fsp3) is 0.357. The first-order valence-electron chi connectivity index (χ1n) is 6.57. The second kappa shape index (κ2) is 8.01. The van der Waals surface area contributed by atoms with E-state index < -0.39 is 29.8 Å². The van der Waals surface area contributed by atoms with Crippen molar-refractivity contribution in [2.45, 2.75) is 31.3 Å². The monoisotopic (exact) mass is 292 g/mol. The Kier molecular flexibility index (Phi) is 6.35. The molecule has 1 aromatic rings. The number of benzene rings is 1. The van der Waals surface area contributed by atoms with Crippen molar-refractivity contribution in [3.05, 3.63) is 35.9 Å². The lowest BCUT2D eigenvalue weighted by Gasteiger charge is -2.18. The molecule has 1 aromatic carbocycles. The summed E-state index contributed by atoms with van der Waals surface area (Å²) >= 11 is 0. The molecule has 0 bridgehead atoms. The molecule has 0 fully saturated rings. The summed E-state index contributed by atoms with van der Waals surface area (Å²) < 4.78 is 0. The minimum absolute atomic E-state index is 0.0399. The molecule has 3 amide bonds. The van der Waals surface area contributed by atoms with E-state index in [1.54, 1.807) is 0 Å². The fourth-order valence-corrected chi connectivity index (χ4v) is 1.81. The van der Waals surface area contributed by atoms with Gasteiger partial charge in [0.15, 0.2) is 0 Å². The van der Waals surface area contributed by atoms with Gasteiger partial charge in [-0.2, -0.15) is 0 Å².